The van der Waals surface area contributed by atoms with E-state index in [1.165, 1.54) is 18.3 Å². The molecule has 0 radical (unpaired) electrons. The minimum Gasteiger partial charge on any atom is -0.487 e. The van der Waals surface area contributed by atoms with Gasteiger partial charge in [0.2, 0.25) is 0 Å². The SMILES string of the molecule is N#Cc1ccc(COc2ccc(C(=O)O)nc2)c(Cl)c1. The number of ether oxygens (including phenoxy) is 1. The summed E-state index contributed by atoms with van der Waals surface area (Å²) in [5.74, 6) is -0.651. The summed E-state index contributed by atoms with van der Waals surface area (Å²) in [6, 6.07) is 9.79. The first kappa shape index (κ1) is 13.8. The fourth-order valence-electron chi connectivity index (χ4n) is 1.49. The molecule has 0 saturated carbocycles. The molecule has 2 aromatic rings. The standard InChI is InChI=1S/C14H9ClN2O3/c15-12-5-9(6-16)1-2-10(12)8-20-11-3-4-13(14(18)19)17-7-11/h1-5,7H,8H2,(H,18,19). The lowest BCUT2D eigenvalue weighted by Gasteiger charge is -2.07. The Balaban J connectivity index is 2.05. The van der Waals surface area contributed by atoms with Crippen LogP contribution in [0.1, 0.15) is 21.6 Å². The first-order valence-electron chi connectivity index (χ1n) is 5.61. The minimum atomic E-state index is -1.09. The fraction of sp³-hybridized carbons (Fsp3) is 0.0714. The zero-order valence-electron chi connectivity index (χ0n) is 10.2. The maximum Gasteiger partial charge on any atom is 0.354 e. The van der Waals surface area contributed by atoms with Crippen LogP contribution in [-0.4, -0.2) is 16.1 Å². The number of halogens is 1. The summed E-state index contributed by atoms with van der Waals surface area (Å²) in [6.45, 7) is 0.207. The lowest BCUT2D eigenvalue weighted by Crippen LogP contribution is -2.01. The smallest absolute Gasteiger partial charge is 0.354 e. The number of carboxylic acids is 1. The molecule has 0 aliphatic carbocycles. The first-order chi connectivity index (χ1) is 9.60. The van der Waals surface area contributed by atoms with Crippen molar-refractivity contribution in [3.05, 3.63) is 58.4 Å². The summed E-state index contributed by atoms with van der Waals surface area (Å²) in [5, 5.41) is 17.9. The van der Waals surface area contributed by atoms with Gasteiger partial charge in [0.15, 0.2) is 0 Å². The maximum absolute atomic E-state index is 10.6. The highest BCUT2D eigenvalue weighted by Gasteiger charge is 2.06. The second-order valence-corrected chi connectivity index (χ2v) is 4.30. The molecule has 0 amide bonds. The largest absolute Gasteiger partial charge is 0.487 e. The van der Waals surface area contributed by atoms with Crippen LogP contribution in [0.5, 0.6) is 5.75 Å². The Labute approximate surface area is 120 Å². The van der Waals surface area contributed by atoms with Crippen LogP contribution in [0.25, 0.3) is 0 Å². The van der Waals surface area contributed by atoms with Gasteiger partial charge in [-0.15, -0.1) is 0 Å². The fourth-order valence-corrected chi connectivity index (χ4v) is 1.72. The van der Waals surface area contributed by atoms with Gasteiger partial charge in [-0.25, -0.2) is 9.78 Å². The molecule has 1 aromatic carbocycles. The number of benzene rings is 1. The van der Waals surface area contributed by atoms with Gasteiger partial charge >= 0.3 is 5.97 Å². The van der Waals surface area contributed by atoms with Crippen LogP contribution in [-0.2, 0) is 6.61 Å². The molecule has 0 unspecified atom stereocenters. The lowest BCUT2D eigenvalue weighted by atomic mass is 10.1. The van der Waals surface area contributed by atoms with E-state index < -0.39 is 5.97 Å². The second kappa shape index (κ2) is 6.04. The van der Waals surface area contributed by atoms with E-state index in [0.717, 1.165) is 5.56 Å². The van der Waals surface area contributed by atoms with Crippen molar-refractivity contribution in [1.29, 1.82) is 5.26 Å². The van der Waals surface area contributed by atoms with Crippen molar-refractivity contribution in [3.8, 4) is 11.8 Å². The van der Waals surface area contributed by atoms with E-state index in [2.05, 4.69) is 4.98 Å². The van der Waals surface area contributed by atoms with Crippen LogP contribution < -0.4 is 4.74 Å². The number of nitrogens with zero attached hydrogens (tertiary/aromatic N) is 2. The Morgan fingerprint density at radius 3 is 2.75 bits per heavy atom. The summed E-state index contributed by atoms with van der Waals surface area (Å²) in [4.78, 5) is 14.4. The molecule has 1 heterocycles. The normalized spacial score (nSPS) is 9.80. The molecule has 0 spiro atoms. The molecule has 0 aliphatic heterocycles. The number of carboxylic acid groups (broad SMARTS) is 1. The quantitative estimate of drug-likeness (QED) is 0.935. The van der Waals surface area contributed by atoms with Gasteiger partial charge in [0.25, 0.3) is 0 Å². The Kier molecular flexibility index (Phi) is 4.18. The average molecular weight is 289 g/mol. The second-order valence-electron chi connectivity index (χ2n) is 3.89. The predicted octanol–water partition coefficient (Wildman–Crippen LogP) is 2.88. The topological polar surface area (TPSA) is 83.2 Å². The van der Waals surface area contributed by atoms with E-state index in [1.54, 1.807) is 18.2 Å². The van der Waals surface area contributed by atoms with Crippen molar-refractivity contribution in [2.75, 3.05) is 0 Å². The molecule has 1 N–H and O–H groups in total. The van der Waals surface area contributed by atoms with E-state index in [-0.39, 0.29) is 12.3 Å². The number of nitriles is 1. The highest BCUT2D eigenvalue weighted by atomic mass is 35.5. The maximum atomic E-state index is 10.6. The highest BCUT2D eigenvalue weighted by molar-refractivity contribution is 6.31. The Morgan fingerprint density at radius 2 is 2.20 bits per heavy atom. The molecule has 20 heavy (non-hydrogen) atoms. The monoisotopic (exact) mass is 288 g/mol. The Bertz CT molecular complexity index is 678. The molecule has 0 aliphatic rings. The molecule has 0 fully saturated rings. The third-order valence-corrected chi connectivity index (χ3v) is 2.88. The molecule has 0 bridgehead atoms. The molecule has 0 atom stereocenters. The Morgan fingerprint density at radius 1 is 1.40 bits per heavy atom. The number of hydrogen-bond donors (Lipinski definition) is 1. The van der Waals surface area contributed by atoms with Crippen molar-refractivity contribution in [2.45, 2.75) is 6.61 Å². The van der Waals surface area contributed by atoms with Crippen molar-refractivity contribution in [3.63, 3.8) is 0 Å². The van der Waals surface area contributed by atoms with Gasteiger partial charge in [-0.2, -0.15) is 5.26 Å². The van der Waals surface area contributed by atoms with Crippen LogP contribution >= 0.6 is 11.6 Å². The van der Waals surface area contributed by atoms with E-state index in [0.29, 0.717) is 16.3 Å². The van der Waals surface area contributed by atoms with Gasteiger partial charge in [-0.05, 0) is 24.3 Å². The molecular formula is C14H9ClN2O3. The Hall–Kier alpha value is -2.58. The van der Waals surface area contributed by atoms with Crippen LogP contribution in [0.2, 0.25) is 5.02 Å². The number of hydrogen-bond acceptors (Lipinski definition) is 4. The lowest BCUT2D eigenvalue weighted by molar-refractivity contribution is 0.0690. The zero-order chi connectivity index (χ0) is 14.5. The molecule has 6 heteroatoms. The molecule has 2 rings (SSSR count). The molecule has 0 saturated heterocycles. The van der Waals surface area contributed by atoms with E-state index in [1.807, 2.05) is 6.07 Å². The van der Waals surface area contributed by atoms with Gasteiger partial charge in [-0.3, -0.25) is 0 Å². The van der Waals surface area contributed by atoms with Crippen molar-refractivity contribution in [2.24, 2.45) is 0 Å². The highest BCUT2D eigenvalue weighted by Crippen LogP contribution is 2.20. The summed E-state index contributed by atoms with van der Waals surface area (Å²) < 4.78 is 5.46. The average Bonchev–Trinajstić information content (AvgIpc) is 2.46. The van der Waals surface area contributed by atoms with Crippen LogP contribution in [0.15, 0.2) is 36.5 Å². The summed E-state index contributed by atoms with van der Waals surface area (Å²) in [5.41, 5.74) is 1.16. The van der Waals surface area contributed by atoms with Gasteiger partial charge in [-0.1, -0.05) is 17.7 Å². The van der Waals surface area contributed by atoms with Crippen molar-refractivity contribution >= 4 is 17.6 Å². The van der Waals surface area contributed by atoms with Crippen molar-refractivity contribution < 1.29 is 14.6 Å². The van der Waals surface area contributed by atoms with E-state index >= 15 is 0 Å². The van der Waals surface area contributed by atoms with Gasteiger partial charge in [0.1, 0.15) is 18.1 Å². The summed E-state index contributed by atoms with van der Waals surface area (Å²) in [6.07, 6.45) is 1.33. The van der Waals surface area contributed by atoms with E-state index in [9.17, 15) is 4.79 Å². The number of aromatic carboxylic acids is 1. The first-order valence-corrected chi connectivity index (χ1v) is 5.98. The number of carbonyl (C=O) groups is 1. The molecule has 1 aromatic heterocycles. The van der Waals surface area contributed by atoms with Gasteiger partial charge < -0.3 is 9.84 Å². The molecule has 100 valence electrons. The summed E-state index contributed by atoms with van der Waals surface area (Å²) >= 11 is 6.02. The number of aromatic nitrogens is 1. The third-order valence-electron chi connectivity index (χ3n) is 2.53. The predicted molar refractivity (Wildman–Crippen MR) is 71.7 cm³/mol. The van der Waals surface area contributed by atoms with Crippen LogP contribution in [0.3, 0.4) is 0 Å². The van der Waals surface area contributed by atoms with Crippen molar-refractivity contribution in [1.82, 2.24) is 4.98 Å². The van der Waals surface area contributed by atoms with E-state index in [4.69, 9.17) is 26.7 Å². The molecular weight excluding hydrogens is 280 g/mol. The minimum absolute atomic E-state index is 0.0474. The number of rotatable bonds is 4. The van der Waals surface area contributed by atoms with Crippen LogP contribution in [0.4, 0.5) is 0 Å². The summed E-state index contributed by atoms with van der Waals surface area (Å²) in [7, 11) is 0. The van der Waals surface area contributed by atoms with Crippen LogP contribution in [0, 0.1) is 11.3 Å². The molecule has 5 nitrogen and oxygen atoms in total. The van der Waals surface area contributed by atoms with Gasteiger partial charge in [0, 0.05) is 10.6 Å². The zero-order valence-corrected chi connectivity index (χ0v) is 11.0. The third kappa shape index (κ3) is 3.25. The number of pyridine rings is 1. The van der Waals surface area contributed by atoms with Gasteiger partial charge in [0.05, 0.1) is 17.8 Å².